The van der Waals surface area contributed by atoms with Gasteiger partial charge in [-0.3, -0.25) is 0 Å². The number of benzene rings is 2. The Morgan fingerprint density at radius 3 is 2.26 bits per heavy atom. The van der Waals surface area contributed by atoms with Crippen LogP contribution in [-0.2, 0) is 7.05 Å². The molecule has 0 aliphatic heterocycles. The summed E-state index contributed by atoms with van der Waals surface area (Å²) in [5, 5.41) is 1.21. The quantitative estimate of drug-likeness (QED) is 0.420. The van der Waals surface area contributed by atoms with Gasteiger partial charge in [0.25, 0.3) is 0 Å². The summed E-state index contributed by atoms with van der Waals surface area (Å²) in [6.45, 7) is 8.06. The monoisotopic (exact) mass is 308 g/mol. The van der Waals surface area contributed by atoms with E-state index in [1.165, 1.54) is 16.5 Å². The third kappa shape index (κ3) is 3.62. The molecule has 2 heterocycles. The molecule has 4 aromatic rings. The molecular formula is C20H24N2O. The van der Waals surface area contributed by atoms with Crippen molar-refractivity contribution < 1.29 is 4.42 Å². The van der Waals surface area contributed by atoms with E-state index in [0.717, 1.165) is 16.9 Å². The minimum absolute atomic E-state index is 0.972. The lowest BCUT2D eigenvalue weighted by Gasteiger charge is -1.93. The molecular weight excluding hydrogens is 284 g/mol. The van der Waals surface area contributed by atoms with Crippen LogP contribution in [0.15, 0.2) is 59.2 Å². The second-order valence-electron chi connectivity index (χ2n) is 5.12. The van der Waals surface area contributed by atoms with Crippen LogP contribution in [0.1, 0.15) is 25.2 Å². The molecule has 0 radical (unpaired) electrons. The normalized spacial score (nSPS) is 9.96. The summed E-state index contributed by atoms with van der Waals surface area (Å²) in [7, 11) is 2.03. The Morgan fingerprint density at radius 1 is 0.913 bits per heavy atom. The van der Waals surface area contributed by atoms with Gasteiger partial charge < -0.3 is 8.98 Å². The van der Waals surface area contributed by atoms with Gasteiger partial charge in [0.15, 0.2) is 0 Å². The van der Waals surface area contributed by atoms with Crippen LogP contribution in [0.5, 0.6) is 0 Å². The van der Waals surface area contributed by atoms with Crippen molar-refractivity contribution in [2.45, 2.75) is 27.7 Å². The Hall–Kier alpha value is -2.55. The van der Waals surface area contributed by atoms with Crippen LogP contribution < -0.4 is 0 Å². The van der Waals surface area contributed by atoms with E-state index >= 15 is 0 Å². The maximum Gasteiger partial charge on any atom is 0.134 e. The molecule has 0 amide bonds. The summed E-state index contributed by atoms with van der Waals surface area (Å²) in [6.07, 6.45) is 1.78. The molecule has 4 rings (SSSR count). The van der Waals surface area contributed by atoms with Gasteiger partial charge in [0.05, 0.1) is 17.3 Å². The number of rotatable bonds is 0. The lowest BCUT2D eigenvalue weighted by atomic mass is 10.2. The predicted molar refractivity (Wildman–Crippen MR) is 97.8 cm³/mol. The molecule has 0 spiro atoms. The van der Waals surface area contributed by atoms with E-state index < -0.39 is 0 Å². The van der Waals surface area contributed by atoms with Crippen molar-refractivity contribution in [3.05, 3.63) is 66.2 Å². The molecule has 0 bridgehead atoms. The SMILES string of the molecule is CC.Cc1coc2ccccc12.Cc1nc2ccccc2n1C. The highest BCUT2D eigenvalue weighted by molar-refractivity contribution is 5.80. The van der Waals surface area contributed by atoms with Crippen molar-refractivity contribution in [2.24, 2.45) is 7.05 Å². The first kappa shape index (κ1) is 16.8. The second-order valence-corrected chi connectivity index (χ2v) is 5.12. The smallest absolute Gasteiger partial charge is 0.134 e. The average Bonchev–Trinajstić information content (AvgIpc) is 3.12. The van der Waals surface area contributed by atoms with E-state index in [2.05, 4.69) is 21.7 Å². The maximum atomic E-state index is 5.25. The number of imidazole rings is 1. The van der Waals surface area contributed by atoms with Crippen molar-refractivity contribution >= 4 is 22.0 Å². The van der Waals surface area contributed by atoms with E-state index in [0.29, 0.717) is 0 Å². The molecule has 3 heteroatoms. The van der Waals surface area contributed by atoms with E-state index in [4.69, 9.17) is 4.42 Å². The van der Waals surface area contributed by atoms with Gasteiger partial charge in [0.1, 0.15) is 11.4 Å². The summed E-state index contributed by atoms with van der Waals surface area (Å²) in [5.74, 6) is 1.06. The number of aryl methyl sites for hydroxylation is 3. The fourth-order valence-corrected chi connectivity index (χ4v) is 2.38. The number of fused-ring (bicyclic) bond motifs is 2. The van der Waals surface area contributed by atoms with Crippen LogP contribution in [0.25, 0.3) is 22.0 Å². The van der Waals surface area contributed by atoms with E-state index in [1.54, 1.807) is 6.26 Å². The maximum absolute atomic E-state index is 5.25. The zero-order chi connectivity index (χ0) is 16.8. The largest absolute Gasteiger partial charge is 0.464 e. The van der Waals surface area contributed by atoms with Crippen LogP contribution in [0.2, 0.25) is 0 Å². The first-order valence-electron chi connectivity index (χ1n) is 7.97. The number of hydrogen-bond acceptors (Lipinski definition) is 2. The average molecular weight is 308 g/mol. The molecule has 2 aromatic carbocycles. The zero-order valence-corrected chi connectivity index (χ0v) is 14.5. The summed E-state index contributed by atoms with van der Waals surface area (Å²) < 4.78 is 7.34. The predicted octanol–water partition coefficient (Wildman–Crippen LogP) is 5.65. The fraction of sp³-hybridized carbons (Fsp3) is 0.250. The third-order valence-corrected chi connectivity index (χ3v) is 3.69. The van der Waals surface area contributed by atoms with E-state index in [-0.39, 0.29) is 0 Å². The Kier molecular flexibility index (Phi) is 5.58. The molecule has 0 aliphatic carbocycles. The molecule has 23 heavy (non-hydrogen) atoms. The minimum Gasteiger partial charge on any atom is -0.464 e. The van der Waals surface area contributed by atoms with Crippen LogP contribution in [0.4, 0.5) is 0 Å². The summed E-state index contributed by atoms with van der Waals surface area (Å²) in [4.78, 5) is 4.38. The van der Waals surface area contributed by atoms with Gasteiger partial charge in [-0.1, -0.05) is 44.2 Å². The second kappa shape index (κ2) is 7.63. The molecule has 0 saturated carbocycles. The van der Waals surface area contributed by atoms with Crippen LogP contribution in [0.3, 0.4) is 0 Å². The van der Waals surface area contributed by atoms with Crippen LogP contribution in [-0.4, -0.2) is 9.55 Å². The molecule has 0 fully saturated rings. The molecule has 2 aromatic heterocycles. The van der Waals surface area contributed by atoms with E-state index in [1.807, 2.05) is 71.1 Å². The van der Waals surface area contributed by atoms with Crippen molar-refractivity contribution in [2.75, 3.05) is 0 Å². The molecule has 0 N–H and O–H groups in total. The zero-order valence-electron chi connectivity index (χ0n) is 14.5. The Balaban J connectivity index is 0.000000152. The molecule has 0 aliphatic rings. The summed E-state index contributed by atoms with van der Waals surface area (Å²) in [6, 6.07) is 16.2. The number of hydrogen-bond donors (Lipinski definition) is 0. The highest BCUT2D eigenvalue weighted by atomic mass is 16.3. The molecule has 3 nitrogen and oxygen atoms in total. The minimum atomic E-state index is 0.972. The lowest BCUT2D eigenvalue weighted by Crippen LogP contribution is -1.89. The highest BCUT2D eigenvalue weighted by Crippen LogP contribution is 2.18. The Bertz CT molecular complexity index is 887. The molecule has 0 atom stereocenters. The lowest BCUT2D eigenvalue weighted by molar-refractivity contribution is 0.613. The Labute approximate surface area is 137 Å². The standard InChI is InChI=1S/C9H10N2.C9H8O.C2H6/c1-7-10-8-5-3-4-6-9(8)11(7)2;1-7-6-10-9-5-3-2-4-8(7)9;1-2/h3-6H,1-2H3;2-6H,1H3;1-2H3. The summed E-state index contributed by atoms with van der Waals surface area (Å²) >= 11 is 0. The third-order valence-electron chi connectivity index (χ3n) is 3.69. The van der Waals surface area contributed by atoms with Crippen molar-refractivity contribution in [1.29, 1.82) is 0 Å². The first-order valence-corrected chi connectivity index (χ1v) is 7.97. The molecule has 0 unspecified atom stereocenters. The van der Waals surface area contributed by atoms with E-state index in [9.17, 15) is 0 Å². The van der Waals surface area contributed by atoms with Gasteiger partial charge in [-0.25, -0.2) is 4.98 Å². The summed E-state index contributed by atoms with van der Waals surface area (Å²) in [5.41, 5.74) is 4.45. The highest BCUT2D eigenvalue weighted by Gasteiger charge is 2.00. The van der Waals surface area contributed by atoms with Gasteiger partial charge in [-0.05, 0) is 37.6 Å². The van der Waals surface area contributed by atoms with Crippen LogP contribution in [0, 0.1) is 13.8 Å². The topological polar surface area (TPSA) is 31.0 Å². The van der Waals surface area contributed by atoms with Crippen molar-refractivity contribution in [3.63, 3.8) is 0 Å². The van der Waals surface area contributed by atoms with Gasteiger partial charge in [0, 0.05) is 12.4 Å². The first-order chi connectivity index (χ1) is 11.2. The number of para-hydroxylation sites is 3. The number of furan rings is 1. The van der Waals surface area contributed by atoms with Crippen LogP contribution >= 0.6 is 0 Å². The fourth-order valence-electron chi connectivity index (χ4n) is 2.38. The van der Waals surface area contributed by atoms with Gasteiger partial charge in [-0.2, -0.15) is 0 Å². The van der Waals surface area contributed by atoms with Gasteiger partial charge in [-0.15, -0.1) is 0 Å². The van der Waals surface area contributed by atoms with Crippen molar-refractivity contribution in [3.8, 4) is 0 Å². The van der Waals surface area contributed by atoms with Gasteiger partial charge in [0.2, 0.25) is 0 Å². The van der Waals surface area contributed by atoms with Crippen molar-refractivity contribution in [1.82, 2.24) is 9.55 Å². The molecule has 120 valence electrons. The number of aromatic nitrogens is 2. The molecule has 0 saturated heterocycles. The van der Waals surface area contributed by atoms with Gasteiger partial charge >= 0.3 is 0 Å². The number of nitrogens with zero attached hydrogens (tertiary/aromatic N) is 2. The Morgan fingerprint density at radius 2 is 1.57 bits per heavy atom.